The van der Waals surface area contributed by atoms with Crippen LogP contribution >= 0.6 is 0 Å². The largest absolute Gasteiger partial charge is 0.506 e. The van der Waals surface area contributed by atoms with E-state index in [9.17, 15) is 14.7 Å². The Kier molecular flexibility index (Phi) is 4.99. The molecule has 0 bridgehead atoms. The fourth-order valence-electron chi connectivity index (χ4n) is 3.04. The summed E-state index contributed by atoms with van der Waals surface area (Å²) in [5, 5.41) is 11.7. The number of ether oxygens (including phenoxy) is 1. The number of phenolic OH excluding ortho intramolecular Hbond substituents is 1. The van der Waals surface area contributed by atoms with Gasteiger partial charge >= 0.3 is 5.97 Å². The van der Waals surface area contributed by atoms with Crippen molar-refractivity contribution in [1.82, 2.24) is 4.90 Å². The van der Waals surface area contributed by atoms with Gasteiger partial charge in [0.2, 0.25) is 0 Å². The van der Waals surface area contributed by atoms with Crippen molar-refractivity contribution in [2.24, 2.45) is 0 Å². The standard InChI is InChI=1S/C19H21NO4/c21-17(20-11-5-1-2-6-12-20)13-24-19(23)16-10-9-14-7-3-4-8-15(14)18(16)22/h3-4,7-10,22H,1-2,5-6,11-13H2. The van der Waals surface area contributed by atoms with Crippen molar-refractivity contribution < 1.29 is 19.4 Å². The Morgan fingerprint density at radius 2 is 1.71 bits per heavy atom. The number of aromatic hydroxyl groups is 1. The number of hydrogen-bond acceptors (Lipinski definition) is 4. The second kappa shape index (κ2) is 7.34. The van der Waals surface area contributed by atoms with Crippen molar-refractivity contribution >= 4 is 22.6 Å². The van der Waals surface area contributed by atoms with E-state index in [0.717, 1.165) is 44.2 Å². The van der Waals surface area contributed by atoms with Crippen LogP contribution in [0.15, 0.2) is 36.4 Å². The smallest absolute Gasteiger partial charge is 0.342 e. The van der Waals surface area contributed by atoms with Crippen LogP contribution in [-0.2, 0) is 9.53 Å². The van der Waals surface area contributed by atoms with Gasteiger partial charge in [0.05, 0.1) is 0 Å². The lowest BCUT2D eigenvalue weighted by atomic mass is 10.1. The molecule has 5 nitrogen and oxygen atoms in total. The van der Waals surface area contributed by atoms with Crippen molar-refractivity contribution in [3.8, 4) is 5.75 Å². The Morgan fingerprint density at radius 3 is 2.46 bits per heavy atom. The molecule has 2 aromatic rings. The molecule has 24 heavy (non-hydrogen) atoms. The number of fused-ring (bicyclic) bond motifs is 1. The molecule has 5 heteroatoms. The van der Waals surface area contributed by atoms with Gasteiger partial charge in [-0.3, -0.25) is 4.79 Å². The van der Waals surface area contributed by atoms with Crippen LogP contribution in [0, 0.1) is 0 Å². The predicted molar refractivity (Wildman–Crippen MR) is 90.9 cm³/mol. The van der Waals surface area contributed by atoms with E-state index in [1.54, 1.807) is 23.1 Å². The molecule has 1 aliphatic rings. The lowest BCUT2D eigenvalue weighted by Crippen LogP contribution is -2.35. The Morgan fingerprint density at radius 1 is 1.00 bits per heavy atom. The molecule has 1 heterocycles. The van der Waals surface area contributed by atoms with Gasteiger partial charge in [-0.2, -0.15) is 0 Å². The molecule has 1 saturated heterocycles. The molecule has 0 aromatic heterocycles. The maximum absolute atomic E-state index is 12.2. The second-order valence-electron chi connectivity index (χ2n) is 6.05. The maximum Gasteiger partial charge on any atom is 0.342 e. The number of carbonyl (C=O) groups excluding carboxylic acids is 2. The zero-order valence-corrected chi connectivity index (χ0v) is 13.5. The van der Waals surface area contributed by atoms with Gasteiger partial charge in [0.1, 0.15) is 11.3 Å². The van der Waals surface area contributed by atoms with Crippen LogP contribution in [0.1, 0.15) is 36.0 Å². The highest BCUT2D eigenvalue weighted by atomic mass is 16.5. The molecule has 2 aromatic carbocycles. The Labute approximate surface area is 140 Å². The molecule has 1 N–H and O–H groups in total. The van der Waals surface area contributed by atoms with Crippen LogP contribution in [-0.4, -0.2) is 41.6 Å². The Hall–Kier alpha value is -2.56. The Balaban J connectivity index is 1.66. The van der Waals surface area contributed by atoms with Gasteiger partial charge in [-0.25, -0.2) is 4.79 Å². The van der Waals surface area contributed by atoms with E-state index in [-0.39, 0.29) is 23.8 Å². The molecular formula is C19H21NO4. The SMILES string of the molecule is O=C(OCC(=O)N1CCCCCC1)c1ccc2ccccc2c1O. The van der Waals surface area contributed by atoms with E-state index in [1.807, 2.05) is 12.1 Å². The first kappa shape index (κ1) is 16.3. The highest BCUT2D eigenvalue weighted by Crippen LogP contribution is 2.29. The fraction of sp³-hybridized carbons (Fsp3) is 0.368. The van der Waals surface area contributed by atoms with Gasteiger partial charge in [-0.15, -0.1) is 0 Å². The summed E-state index contributed by atoms with van der Waals surface area (Å²) >= 11 is 0. The summed E-state index contributed by atoms with van der Waals surface area (Å²) in [6, 6.07) is 10.5. The molecular weight excluding hydrogens is 306 g/mol. The molecule has 0 atom stereocenters. The molecule has 3 rings (SSSR count). The van der Waals surface area contributed by atoms with E-state index >= 15 is 0 Å². The topological polar surface area (TPSA) is 66.8 Å². The Bertz CT molecular complexity index is 748. The summed E-state index contributed by atoms with van der Waals surface area (Å²) in [6.45, 7) is 1.15. The summed E-state index contributed by atoms with van der Waals surface area (Å²) in [7, 11) is 0. The molecule has 0 spiro atoms. The first-order valence-corrected chi connectivity index (χ1v) is 8.32. The van der Waals surface area contributed by atoms with Crippen LogP contribution in [0.25, 0.3) is 10.8 Å². The summed E-state index contributed by atoms with van der Waals surface area (Å²) < 4.78 is 5.12. The molecule has 0 unspecified atom stereocenters. The third kappa shape index (κ3) is 3.50. The third-order valence-electron chi connectivity index (χ3n) is 4.41. The van der Waals surface area contributed by atoms with Crippen LogP contribution < -0.4 is 0 Å². The number of esters is 1. The summed E-state index contributed by atoms with van der Waals surface area (Å²) in [5.41, 5.74) is 0.0809. The minimum atomic E-state index is -0.679. The third-order valence-corrected chi connectivity index (χ3v) is 4.41. The molecule has 0 aliphatic carbocycles. The molecule has 0 saturated carbocycles. The zero-order chi connectivity index (χ0) is 16.9. The van der Waals surface area contributed by atoms with E-state index in [2.05, 4.69) is 0 Å². The normalized spacial score (nSPS) is 15.1. The monoisotopic (exact) mass is 327 g/mol. The molecule has 1 aliphatic heterocycles. The van der Waals surface area contributed by atoms with Crippen molar-refractivity contribution in [2.75, 3.05) is 19.7 Å². The number of rotatable bonds is 3. The minimum absolute atomic E-state index is 0.0809. The predicted octanol–water partition coefficient (Wildman–Crippen LogP) is 3.10. The first-order chi connectivity index (χ1) is 11.7. The van der Waals surface area contributed by atoms with Crippen molar-refractivity contribution in [3.63, 3.8) is 0 Å². The molecule has 1 fully saturated rings. The van der Waals surface area contributed by atoms with Gasteiger partial charge in [-0.05, 0) is 24.3 Å². The van der Waals surface area contributed by atoms with Crippen molar-refractivity contribution in [2.45, 2.75) is 25.7 Å². The number of hydrogen-bond donors (Lipinski definition) is 1. The van der Waals surface area contributed by atoms with E-state index < -0.39 is 5.97 Å². The molecule has 126 valence electrons. The van der Waals surface area contributed by atoms with Gasteiger partial charge in [0.15, 0.2) is 6.61 Å². The minimum Gasteiger partial charge on any atom is -0.506 e. The number of nitrogens with zero attached hydrogens (tertiary/aromatic N) is 1. The maximum atomic E-state index is 12.2. The number of benzene rings is 2. The van der Waals surface area contributed by atoms with Gasteiger partial charge in [-0.1, -0.05) is 43.2 Å². The summed E-state index contributed by atoms with van der Waals surface area (Å²) in [6.07, 6.45) is 4.25. The van der Waals surface area contributed by atoms with Crippen molar-refractivity contribution in [3.05, 3.63) is 42.0 Å². The highest BCUT2D eigenvalue weighted by molar-refractivity contribution is 6.01. The number of likely N-dealkylation sites (tertiary alicyclic amines) is 1. The van der Waals surface area contributed by atoms with Gasteiger partial charge in [0, 0.05) is 18.5 Å². The lowest BCUT2D eigenvalue weighted by Gasteiger charge is -2.20. The second-order valence-corrected chi connectivity index (χ2v) is 6.05. The molecule has 1 amide bonds. The average Bonchev–Trinajstić information content (AvgIpc) is 2.89. The quantitative estimate of drug-likeness (QED) is 0.880. The van der Waals surface area contributed by atoms with Crippen LogP contribution in [0.4, 0.5) is 0 Å². The summed E-state index contributed by atoms with van der Waals surface area (Å²) in [5.74, 6) is -0.965. The number of phenols is 1. The average molecular weight is 327 g/mol. The van der Waals surface area contributed by atoms with Crippen molar-refractivity contribution in [1.29, 1.82) is 0 Å². The lowest BCUT2D eigenvalue weighted by molar-refractivity contribution is -0.134. The zero-order valence-electron chi connectivity index (χ0n) is 13.5. The highest BCUT2D eigenvalue weighted by Gasteiger charge is 2.20. The number of carbonyl (C=O) groups is 2. The van der Waals surface area contributed by atoms with E-state index in [4.69, 9.17) is 4.74 Å². The van der Waals surface area contributed by atoms with E-state index in [0.29, 0.717) is 5.39 Å². The van der Waals surface area contributed by atoms with Gasteiger partial charge < -0.3 is 14.7 Å². The first-order valence-electron chi connectivity index (χ1n) is 8.32. The van der Waals surface area contributed by atoms with E-state index in [1.165, 1.54) is 6.07 Å². The van der Waals surface area contributed by atoms with Gasteiger partial charge in [0.25, 0.3) is 5.91 Å². The van der Waals surface area contributed by atoms with Crippen LogP contribution in [0.5, 0.6) is 5.75 Å². The van der Waals surface area contributed by atoms with Crippen LogP contribution in [0.3, 0.4) is 0 Å². The molecule has 0 radical (unpaired) electrons. The number of amides is 1. The fourth-order valence-corrected chi connectivity index (χ4v) is 3.04. The van der Waals surface area contributed by atoms with Crippen LogP contribution in [0.2, 0.25) is 0 Å². The summed E-state index contributed by atoms with van der Waals surface area (Å²) in [4.78, 5) is 26.1.